The van der Waals surface area contributed by atoms with E-state index in [2.05, 4.69) is 9.82 Å². The Balaban J connectivity index is 2.34. The number of aryl methyl sites for hydroxylation is 2. The number of aromatic nitrogens is 2. The summed E-state index contributed by atoms with van der Waals surface area (Å²) in [5, 5.41) is 4.13. The van der Waals surface area contributed by atoms with E-state index in [-0.39, 0.29) is 10.6 Å². The second-order valence-electron chi connectivity index (χ2n) is 5.00. The topological polar surface area (TPSA) is 64.0 Å². The first kappa shape index (κ1) is 17.3. The van der Waals surface area contributed by atoms with Gasteiger partial charge in [-0.3, -0.25) is 9.40 Å². The minimum Gasteiger partial charge on any atom is -0.280 e. The first-order valence-corrected chi connectivity index (χ1v) is 8.28. The SMILES string of the molecule is CCn1nc(C)c(S(=O)(=O)Nc2ccc(C(F)(F)F)cc2)c1C. The predicted octanol–water partition coefficient (Wildman–Crippen LogP) is 3.34. The Bertz CT molecular complexity index is 809. The summed E-state index contributed by atoms with van der Waals surface area (Å²) in [6.45, 7) is 5.55. The van der Waals surface area contributed by atoms with Gasteiger partial charge in [-0.15, -0.1) is 0 Å². The second kappa shape index (κ2) is 5.88. The Morgan fingerprint density at radius 3 is 2.17 bits per heavy atom. The van der Waals surface area contributed by atoms with Gasteiger partial charge in [0.25, 0.3) is 10.0 Å². The lowest BCUT2D eigenvalue weighted by Crippen LogP contribution is -2.15. The average molecular weight is 347 g/mol. The van der Waals surface area contributed by atoms with Crippen LogP contribution in [0, 0.1) is 13.8 Å². The maximum atomic E-state index is 12.5. The quantitative estimate of drug-likeness (QED) is 0.923. The van der Waals surface area contributed by atoms with Crippen LogP contribution in [0.25, 0.3) is 0 Å². The molecule has 0 amide bonds. The number of alkyl halides is 3. The first-order valence-electron chi connectivity index (χ1n) is 6.80. The average Bonchev–Trinajstić information content (AvgIpc) is 2.73. The number of nitrogens with one attached hydrogen (secondary N) is 1. The van der Waals surface area contributed by atoms with Crippen LogP contribution in [0.4, 0.5) is 18.9 Å². The summed E-state index contributed by atoms with van der Waals surface area (Å²) in [4.78, 5) is 0.0410. The highest BCUT2D eigenvalue weighted by Crippen LogP contribution is 2.30. The highest BCUT2D eigenvalue weighted by atomic mass is 32.2. The number of rotatable bonds is 4. The molecule has 1 aromatic heterocycles. The van der Waals surface area contributed by atoms with Gasteiger partial charge in [0.15, 0.2) is 0 Å². The lowest BCUT2D eigenvalue weighted by molar-refractivity contribution is -0.137. The molecular weight excluding hydrogens is 331 g/mol. The van der Waals surface area contributed by atoms with Gasteiger partial charge in [0.1, 0.15) is 4.90 Å². The molecule has 0 aliphatic rings. The van der Waals surface area contributed by atoms with Crippen LogP contribution in [0.1, 0.15) is 23.9 Å². The minimum atomic E-state index is -4.47. The number of anilines is 1. The largest absolute Gasteiger partial charge is 0.416 e. The van der Waals surface area contributed by atoms with Crippen molar-refractivity contribution in [3.8, 4) is 0 Å². The Morgan fingerprint density at radius 2 is 1.74 bits per heavy atom. The van der Waals surface area contributed by atoms with Crippen molar-refractivity contribution in [3.05, 3.63) is 41.2 Å². The molecule has 126 valence electrons. The van der Waals surface area contributed by atoms with Crippen LogP contribution < -0.4 is 4.72 Å². The third-order valence-corrected chi connectivity index (χ3v) is 4.98. The second-order valence-corrected chi connectivity index (χ2v) is 6.62. The van der Waals surface area contributed by atoms with Crippen LogP contribution in [-0.2, 0) is 22.7 Å². The molecule has 0 unspecified atom stereocenters. The van der Waals surface area contributed by atoms with Gasteiger partial charge < -0.3 is 0 Å². The maximum Gasteiger partial charge on any atom is 0.416 e. The molecule has 1 aromatic carbocycles. The van der Waals surface area contributed by atoms with Gasteiger partial charge in [-0.25, -0.2) is 8.42 Å². The molecule has 9 heteroatoms. The van der Waals surface area contributed by atoms with E-state index in [0.717, 1.165) is 24.3 Å². The van der Waals surface area contributed by atoms with Crippen molar-refractivity contribution in [3.63, 3.8) is 0 Å². The van der Waals surface area contributed by atoms with Crippen LogP contribution in [0.5, 0.6) is 0 Å². The van der Waals surface area contributed by atoms with Crippen molar-refractivity contribution < 1.29 is 21.6 Å². The third-order valence-electron chi connectivity index (χ3n) is 3.35. The zero-order valence-corrected chi connectivity index (χ0v) is 13.6. The molecule has 0 fully saturated rings. The lowest BCUT2D eigenvalue weighted by atomic mass is 10.2. The highest BCUT2D eigenvalue weighted by molar-refractivity contribution is 7.92. The van der Waals surface area contributed by atoms with Crippen LogP contribution in [0.3, 0.4) is 0 Å². The Morgan fingerprint density at radius 1 is 1.17 bits per heavy atom. The molecule has 0 radical (unpaired) electrons. The smallest absolute Gasteiger partial charge is 0.280 e. The van der Waals surface area contributed by atoms with Gasteiger partial charge in [0, 0.05) is 12.2 Å². The van der Waals surface area contributed by atoms with Crippen molar-refractivity contribution in [2.75, 3.05) is 4.72 Å². The lowest BCUT2D eigenvalue weighted by Gasteiger charge is -2.10. The standard InChI is InChI=1S/C14H16F3N3O2S/c1-4-20-10(3)13(9(2)18-20)23(21,22)19-12-7-5-11(6-8-12)14(15,16)17/h5-8,19H,4H2,1-3H3. The molecule has 2 aromatic rings. The van der Waals surface area contributed by atoms with Crippen molar-refractivity contribution in [2.45, 2.75) is 38.4 Å². The Labute approximate surface area is 132 Å². The van der Waals surface area contributed by atoms with E-state index >= 15 is 0 Å². The minimum absolute atomic E-state index is 0.0410. The number of benzene rings is 1. The van der Waals surface area contributed by atoms with Crippen LogP contribution in [0.2, 0.25) is 0 Å². The first-order chi connectivity index (χ1) is 10.6. The summed E-state index contributed by atoms with van der Waals surface area (Å²) in [5.41, 5.74) is 0.0285. The fourth-order valence-electron chi connectivity index (χ4n) is 2.31. The molecule has 0 aliphatic carbocycles. The molecule has 23 heavy (non-hydrogen) atoms. The van der Waals surface area contributed by atoms with E-state index in [4.69, 9.17) is 0 Å². The summed E-state index contributed by atoms with van der Waals surface area (Å²) < 4.78 is 66.3. The van der Waals surface area contributed by atoms with Crippen molar-refractivity contribution in [1.82, 2.24) is 9.78 Å². The highest BCUT2D eigenvalue weighted by Gasteiger charge is 2.30. The summed E-state index contributed by atoms with van der Waals surface area (Å²) in [7, 11) is -3.93. The van der Waals surface area contributed by atoms with Crippen molar-refractivity contribution >= 4 is 15.7 Å². The van der Waals surface area contributed by atoms with Crippen LogP contribution >= 0.6 is 0 Å². The van der Waals surface area contributed by atoms with E-state index in [0.29, 0.717) is 17.9 Å². The van der Waals surface area contributed by atoms with Crippen LogP contribution in [-0.4, -0.2) is 18.2 Å². The number of hydrogen-bond acceptors (Lipinski definition) is 3. The fourth-order valence-corrected chi connectivity index (χ4v) is 3.78. The maximum absolute atomic E-state index is 12.5. The summed E-state index contributed by atoms with van der Waals surface area (Å²) in [6.07, 6.45) is -4.47. The molecule has 0 aliphatic heterocycles. The molecule has 5 nitrogen and oxygen atoms in total. The van der Waals surface area contributed by atoms with Gasteiger partial charge in [-0.1, -0.05) is 0 Å². The van der Waals surface area contributed by atoms with Crippen molar-refractivity contribution in [2.24, 2.45) is 0 Å². The number of nitrogens with zero attached hydrogens (tertiary/aromatic N) is 2. The molecular formula is C14H16F3N3O2S. The van der Waals surface area contributed by atoms with Gasteiger partial charge in [0.2, 0.25) is 0 Å². The van der Waals surface area contributed by atoms with E-state index in [1.54, 1.807) is 18.5 Å². The van der Waals surface area contributed by atoms with Crippen LogP contribution in [0.15, 0.2) is 29.2 Å². The summed E-state index contributed by atoms with van der Waals surface area (Å²) in [5.74, 6) is 0. The van der Waals surface area contributed by atoms with E-state index in [1.807, 2.05) is 6.92 Å². The molecule has 0 bridgehead atoms. The van der Waals surface area contributed by atoms with Crippen molar-refractivity contribution in [1.29, 1.82) is 0 Å². The molecule has 0 atom stereocenters. The molecule has 1 N–H and O–H groups in total. The molecule has 0 saturated carbocycles. The molecule has 2 rings (SSSR count). The monoisotopic (exact) mass is 347 g/mol. The molecule has 1 heterocycles. The summed E-state index contributed by atoms with van der Waals surface area (Å²) in [6, 6.07) is 3.81. The summed E-state index contributed by atoms with van der Waals surface area (Å²) >= 11 is 0. The van der Waals surface area contributed by atoms with Gasteiger partial charge in [-0.05, 0) is 45.0 Å². The van der Waals surface area contributed by atoms with Gasteiger partial charge >= 0.3 is 6.18 Å². The number of halogens is 3. The zero-order valence-electron chi connectivity index (χ0n) is 12.8. The normalized spacial score (nSPS) is 12.4. The molecule has 0 spiro atoms. The molecule has 0 saturated heterocycles. The Hall–Kier alpha value is -2.03. The fraction of sp³-hybridized carbons (Fsp3) is 0.357. The van der Waals surface area contributed by atoms with Gasteiger partial charge in [-0.2, -0.15) is 18.3 Å². The zero-order chi connectivity index (χ0) is 17.4. The van der Waals surface area contributed by atoms with Gasteiger partial charge in [0.05, 0.1) is 17.0 Å². The number of hydrogen-bond donors (Lipinski definition) is 1. The van der Waals surface area contributed by atoms with E-state index in [9.17, 15) is 21.6 Å². The predicted molar refractivity (Wildman–Crippen MR) is 79.6 cm³/mol. The number of sulfonamides is 1. The third kappa shape index (κ3) is 3.49. The Kier molecular flexibility index (Phi) is 4.43. The van der Waals surface area contributed by atoms with E-state index in [1.165, 1.54) is 0 Å². The van der Waals surface area contributed by atoms with E-state index < -0.39 is 21.8 Å².